The van der Waals surface area contributed by atoms with Crippen molar-refractivity contribution in [3.05, 3.63) is 55.0 Å². The number of benzene rings is 1. The molecule has 3 aromatic heterocycles. The molecule has 0 aliphatic carbocycles. The van der Waals surface area contributed by atoms with Gasteiger partial charge in [-0.1, -0.05) is 30.3 Å². The van der Waals surface area contributed by atoms with Crippen LogP contribution in [0.25, 0.3) is 27.9 Å². The van der Waals surface area contributed by atoms with Gasteiger partial charge in [0.2, 0.25) is 0 Å². The molecule has 1 saturated heterocycles. The van der Waals surface area contributed by atoms with E-state index in [0.29, 0.717) is 0 Å². The third-order valence-corrected chi connectivity index (χ3v) is 4.94. The summed E-state index contributed by atoms with van der Waals surface area (Å²) in [6, 6.07) is 14.5. The van der Waals surface area contributed by atoms with E-state index in [9.17, 15) is 0 Å². The van der Waals surface area contributed by atoms with Gasteiger partial charge in [0, 0.05) is 24.8 Å². The maximum absolute atomic E-state index is 4.90. The SMILES string of the molecule is c1ccc(-c2nc3ncnc(N4CCCCC4)c3n3cccc23)cc1. The molecule has 4 aromatic rings. The first-order valence-electron chi connectivity index (χ1n) is 8.84. The van der Waals surface area contributed by atoms with Crippen molar-refractivity contribution >= 4 is 22.5 Å². The van der Waals surface area contributed by atoms with E-state index in [1.54, 1.807) is 6.33 Å². The van der Waals surface area contributed by atoms with Crippen LogP contribution in [0.4, 0.5) is 5.82 Å². The Morgan fingerprint density at radius 1 is 0.840 bits per heavy atom. The zero-order valence-electron chi connectivity index (χ0n) is 14.0. The van der Waals surface area contributed by atoms with Gasteiger partial charge in [0.1, 0.15) is 11.8 Å². The Bertz CT molecular complexity index is 1030. The van der Waals surface area contributed by atoms with Crippen molar-refractivity contribution in [2.24, 2.45) is 0 Å². The van der Waals surface area contributed by atoms with Gasteiger partial charge in [0.15, 0.2) is 11.5 Å². The van der Waals surface area contributed by atoms with E-state index in [1.807, 2.05) is 18.2 Å². The van der Waals surface area contributed by atoms with Gasteiger partial charge >= 0.3 is 0 Å². The molecule has 0 bridgehead atoms. The van der Waals surface area contributed by atoms with Crippen LogP contribution in [0.3, 0.4) is 0 Å². The van der Waals surface area contributed by atoms with Gasteiger partial charge in [-0.05, 0) is 31.4 Å². The molecule has 4 heterocycles. The summed E-state index contributed by atoms with van der Waals surface area (Å²) in [4.78, 5) is 16.4. The third kappa shape index (κ3) is 2.35. The smallest absolute Gasteiger partial charge is 0.182 e. The number of fused-ring (bicyclic) bond motifs is 3. The van der Waals surface area contributed by atoms with E-state index >= 15 is 0 Å². The number of aromatic nitrogens is 4. The summed E-state index contributed by atoms with van der Waals surface area (Å²) in [5.41, 5.74) is 4.90. The van der Waals surface area contributed by atoms with Gasteiger partial charge in [-0.15, -0.1) is 0 Å². The number of hydrogen-bond acceptors (Lipinski definition) is 4. The van der Waals surface area contributed by atoms with Crippen LogP contribution in [0.5, 0.6) is 0 Å². The van der Waals surface area contributed by atoms with Crippen molar-refractivity contribution in [3.63, 3.8) is 0 Å². The summed E-state index contributed by atoms with van der Waals surface area (Å²) >= 11 is 0. The lowest BCUT2D eigenvalue weighted by atomic mass is 10.1. The van der Waals surface area contributed by atoms with Crippen molar-refractivity contribution in [2.45, 2.75) is 19.3 Å². The second-order valence-corrected chi connectivity index (χ2v) is 6.51. The number of hydrogen-bond donors (Lipinski definition) is 0. The van der Waals surface area contributed by atoms with Crippen LogP contribution in [0, 0.1) is 0 Å². The molecule has 0 amide bonds. The molecule has 0 atom stereocenters. The molecular formula is C20H19N5. The second kappa shape index (κ2) is 5.84. The highest BCUT2D eigenvalue weighted by Gasteiger charge is 2.19. The molecule has 1 aliphatic rings. The van der Waals surface area contributed by atoms with Gasteiger partial charge in [0.25, 0.3) is 0 Å². The molecule has 5 heteroatoms. The average Bonchev–Trinajstić information content (AvgIpc) is 3.18. The standard InChI is InChI=1S/C20H19N5/c1-3-8-15(9-4-1)17-16-10-7-13-25(16)18-19(23-17)21-14-22-20(18)24-11-5-2-6-12-24/h1,3-4,7-10,13-14H,2,5-6,11-12H2. The summed E-state index contributed by atoms with van der Waals surface area (Å²) in [5.74, 6) is 0.998. The second-order valence-electron chi connectivity index (χ2n) is 6.51. The molecule has 1 aromatic carbocycles. The van der Waals surface area contributed by atoms with Crippen molar-refractivity contribution in [1.29, 1.82) is 0 Å². The predicted octanol–water partition coefficient (Wildman–Crippen LogP) is 3.93. The van der Waals surface area contributed by atoms with E-state index in [4.69, 9.17) is 4.98 Å². The number of piperidine rings is 1. The minimum absolute atomic E-state index is 0.748. The molecular weight excluding hydrogens is 310 g/mol. The monoisotopic (exact) mass is 329 g/mol. The number of nitrogens with zero attached hydrogens (tertiary/aromatic N) is 5. The topological polar surface area (TPSA) is 46.3 Å². The Hall–Kier alpha value is -2.95. The molecule has 0 unspecified atom stereocenters. The largest absolute Gasteiger partial charge is 0.355 e. The van der Waals surface area contributed by atoms with Crippen LogP contribution in [-0.4, -0.2) is 32.4 Å². The number of anilines is 1. The molecule has 1 fully saturated rings. The summed E-state index contributed by atoms with van der Waals surface area (Å²) < 4.78 is 2.19. The van der Waals surface area contributed by atoms with Crippen LogP contribution < -0.4 is 4.90 Å². The first-order chi connectivity index (χ1) is 12.4. The predicted molar refractivity (Wildman–Crippen MR) is 99.8 cm³/mol. The quantitative estimate of drug-likeness (QED) is 0.559. The maximum Gasteiger partial charge on any atom is 0.182 e. The van der Waals surface area contributed by atoms with Crippen molar-refractivity contribution < 1.29 is 0 Å². The van der Waals surface area contributed by atoms with Gasteiger partial charge in [-0.25, -0.2) is 15.0 Å². The van der Waals surface area contributed by atoms with Crippen LogP contribution in [0.1, 0.15) is 19.3 Å². The van der Waals surface area contributed by atoms with E-state index in [-0.39, 0.29) is 0 Å². The summed E-state index contributed by atoms with van der Waals surface area (Å²) in [6.07, 6.45) is 7.46. The fourth-order valence-corrected chi connectivity index (χ4v) is 3.74. The fraction of sp³-hybridized carbons (Fsp3) is 0.250. The lowest BCUT2D eigenvalue weighted by Gasteiger charge is -2.28. The zero-order valence-corrected chi connectivity index (χ0v) is 14.0. The lowest BCUT2D eigenvalue weighted by molar-refractivity contribution is 0.574. The number of rotatable bonds is 2. The van der Waals surface area contributed by atoms with Crippen LogP contribution in [-0.2, 0) is 0 Å². The molecule has 1 aliphatic heterocycles. The van der Waals surface area contributed by atoms with Crippen molar-refractivity contribution in [1.82, 2.24) is 19.4 Å². The molecule has 0 saturated carbocycles. The minimum Gasteiger partial charge on any atom is -0.355 e. The molecule has 5 rings (SSSR count). The van der Waals surface area contributed by atoms with Crippen molar-refractivity contribution in [2.75, 3.05) is 18.0 Å². The van der Waals surface area contributed by atoms with Crippen LogP contribution >= 0.6 is 0 Å². The Morgan fingerprint density at radius 2 is 1.68 bits per heavy atom. The Kier molecular flexibility index (Phi) is 3.37. The average molecular weight is 329 g/mol. The Morgan fingerprint density at radius 3 is 2.52 bits per heavy atom. The summed E-state index contributed by atoms with van der Waals surface area (Å²) in [5, 5.41) is 0. The molecule has 25 heavy (non-hydrogen) atoms. The van der Waals surface area contributed by atoms with E-state index in [2.05, 4.69) is 49.7 Å². The maximum atomic E-state index is 4.90. The lowest BCUT2D eigenvalue weighted by Crippen LogP contribution is -2.30. The van der Waals surface area contributed by atoms with Gasteiger partial charge in [0.05, 0.1) is 11.2 Å². The first kappa shape index (κ1) is 14.4. The third-order valence-electron chi connectivity index (χ3n) is 4.94. The molecule has 5 nitrogen and oxygen atoms in total. The molecule has 124 valence electrons. The van der Waals surface area contributed by atoms with Crippen LogP contribution in [0.15, 0.2) is 55.0 Å². The highest BCUT2D eigenvalue weighted by atomic mass is 15.2. The van der Waals surface area contributed by atoms with Gasteiger partial charge < -0.3 is 9.30 Å². The summed E-state index contributed by atoms with van der Waals surface area (Å²) in [6.45, 7) is 2.10. The highest BCUT2D eigenvalue weighted by Crippen LogP contribution is 2.30. The normalized spacial score (nSPS) is 15.1. The van der Waals surface area contributed by atoms with Crippen LogP contribution in [0.2, 0.25) is 0 Å². The molecule has 0 spiro atoms. The zero-order chi connectivity index (χ0) is 16.6. The molecule has 0 N–H and O–H groups in total. The van der Waals surface area contributed by atoms with E-state index in [0.717, 1.165) is 46.8 Å². The Balaban J connectivity index is 1.80. The van der Waals surface area contributed by atoms with Gasteiger partial charge in [-0.3, -0.25) is 0 Å². The Labute approximate surface area is 146 Å². The van der Waals surface area contributed by atoms with E-state index in [1.165, 1.54) is 19.3 Å². The minimum atomic E-state index is 0.748. The van der Waals surface area contributed by atoms with E-state index < -0.39 is 0 Å². The first-order valence-corrected chi connectivity index (χ1v) is 8.84. The summed E-state index contributed by atoms with van der Waals surface area (Å²) in [7, 11) is 0. The van der Waals surface area contributed by atoms with Gasteiger partial charge in [-0.2, -0.15) is 0 Å². The molecule has 0 radical (unpaired) electrons. The highest BCUT2D eigenvalue weighted by molar-refractivity contribution is 5.91. The van der Waals surface area contributed by atoms with Crippen molar-refractivity contribution in [3.8, 4) is 11.3 Å². The fourth-order valence-electron chi connectivity index (χ4n) is 3.74.